The van der Waals surface area contributed by atoms with E-state index in [4.69, 9.17) is 9.15 Å². The summed E-state index contributed by atoms with van der Waals surface area (Å²) < 4.78 is 12.7. The number of furan rings is 1. The van der Waals surface area contributed by atoms with Crippen LogP contribution in [-0.2, 0) is 11.3 Å². The van der Waals surface area contributed by atoms with Crippen LogP contribution in [-0.4, -0.2) is 28.7 Å². The van der Waals surface area contributed by atoms with Gasteiger partial charge < -0.3 is 13.7 Å². The van der Waals surface area contributed by atoms with E-state index in [1.54, 1.807) is 54.8 Å². The second kappa shape index (κ2) is 9.53. The van der Waals surface area contributed by atoms with Gasteiger partial charge in [-0.25, -0.2) is 4.79 Å². The number of carbonyl (C=O) groups is 3. The smallest absolute Gasteiger partial charge is 0.339 e. The molecule has 0 aliphatic carbocycles. The van der Waals surface area contributed by atoms with E-state index in [0.717, 1.165) is 17.1 Å². The largest absolute Gasteiger partial charge is 0.467 e. The van der Waals surface area contributed by atoms with E-state index in [2.05, 4.69) is 0 Å². The SMILES string of the molecule is Cc1cc(C(=O)COC(=O)c2ccccc2C(=O)c2ccccc2)c(C)n1Cc1ccco1. The lowest BCUT2D eigenvalue weighted by molar-refractivity contribution is 0.0472. The molecule has 0 spiro atoms. The van der Waals surface area contributed by atoms with Gasteiger partial charge >= 0.3 is 5.97 Å². The molecule has 0 unspecified atom stereocenters. The second-order valence-electron chi connectivity index (χ2n) is 7.69. The van der Waals surface area contributed by atoms with Crippen LogP contribution in [0.25, 0.3) is 0 Å². The molecule has 6 nitrogen and oxygen atoms in total. The second-order valence-corrected chi connectivity index (χ2v) is 7.69. The summed E-state index contributed by atoms with van der Waals surface area (Å²) in [6, 6.07) is 20.6. The Balaban J connectivity index is 1.48. The van der Waals surface area contributed by atoms with Gasteiger partial charge in [-0.1, -0.05) is 48.5 Å². The van der Waals surface area contributed by atoms with E-state index >= 15 is 0 Å². The molecule has 0 radical (unpaired) electrons. The first kappa shape index (κ1) is 22.0. The lowest BCUT2D eigenvalue weighted by atomic mass is 9.98. The van der Waals surface area contributed by atoms with Crippen LogP contribution in [0.2, 0.25) is 0 Å². The molecule has 0 saturated heterocycles. The van der Waals surface area contributed by atoms with Crippen molar-refractivity contribution in [2.24, 2.45) is 0 Å². The van der Waals surface area contributed by atoms with Crippen molar-refractivity contribution in [1.82, 2.24) is 4.57 Å². The molecule has 0 aliphatic rings. The number of esters is 1. The normalized spacial score (nSPS) is 10.7. The molecular weight excluding hydrogens is 418 g/mol. The van der Waals surface area contributed by atoms with Crippen LogP contribution in [0.3, 0.4) is 0 Å². The molecule has 0 aliphatic heterocycles. The predicted molar refractivity (Wildman–Crippen MR) is 123 cm³/mol. The highest BCUT2D eigenvalue weighted by Crippen LogP contribution is 2.19. The quantitative estimate of drug-likeness (QED) is 0.283. The summed E-state index contributed by atoms with van der Waals surface area (Å²) in [5, 5.41) is 0. The third kappa shape index (κ3) is 4.70. The van der Waals surface area contributed by atoms with Gasteiger partial charge in [0.05, 0.1) is 18.4 Å². The average Bonchev–Trinajstić information content (AvgIpc) is 3.46. The number of hydrogen-bond donors (Lipinski definition) is 0. The lowest BCUT2D eigenvalue weighted by Gasteiger charge is -2.10. The Morgan fingerprint density at radius 1 is 0.848 bits per heavy atom. The van der Waals surface area contributed by atoms with Crippen molar-refractivity contribution in [3.8, 4) is 0 Å². The monoisotopic (exact) mass is 441 g/mol. The van der Waals surface area contributed by atoms with Crippen LogP contribution in [0.4, 0.5) is 0 Å². The fraction of sp³-hybridized carbons (Fsp3) is 0.148. The minimum Gasteiger partial charge on any atom is -0.467 e. The van der Waals surface area contributed by atoms with Gasteiger partial charge in [-0.2, -0.15) is 0 Å². The Morgan fingerprint density at radius 3 is 2.24 bits per heavy atom. The maximum atomic E-state index is 12.9. The van der Waals surface area contributed by atoms with E-state index in [1.807, 2.05) is 36.6 Å². The summed E-state index contributed by atoms with van der Waals surface area (Å²) in [5.74, 6) is -0.528. The number of rotatable bonds is 8. The number of hydrogen-bond acceptors (Lipinski definition) is 5. The first-order chi connectivity index (χ1) is 16.0. The number of aryl methyl sites for hydroxylation is 1. The molecule has 2 aromatic heterocycles. The zero-order chi connectivity index (χ0) is 23.4. The number of ether oxygens (including phenoxy) is 1. The zero-order valence-corrected chi connectivity index (χ0v) is 18.4. The van der Waals surface area contributed by atoms with Crippen molar-refractivity contribution in [2.75, 3.05) is 6.61 Å². The lowest BCUT2D eigenvalue weighted by Crippen LogP contribution is -2.17. The summed E-state index contributed by atoms with van der Waals surface area (Å²) in [6.45, 7) is 3.84. The standard InChI is InChI=1S/C27H23NO5/c1-18-15-24(19(2)28(18)16-21-11-8-14-32-21)25(29)17-33-27(31)23-13-7-6-12-22(23)26(30)20-9-4-3-5-10-20/h3-15H,16-17H2,1-2H3. The van der Waals surface area contributed by atoms with E-state index in [0.29, 0.717) is 17.7 Å². The summed E-state index contributed by atoms with van der Waals surface area (Å²) in [6.07, 6.45) is 1.61. The molecule has 2 heterocycles. The highest BCUT2D eigenvalue weighted by Gasteiger charge is 2.22. The molecule has 0 bridgehead atoms. The third-order valence-corrected chi connectivity index (χ3v) is 5.53. The van der Waals surface area contributed by atoms with Gasteiger partial charge in [0, 0.05) is 28.1 Å². The maximum Gasteiger partial charge on any atom is 0.339 e. The van der Waals surface area contributed by atoms with Crippen LogP contribution in [0.5, 0.6) is 0 Å². The highest BCUT2D eigenvalue weighted by atomic mass is 16.5. The van der Waals surface area contributed by atoms with Crippen molar-refractivity contribution in [2.45, 2.75) is 20.4 Å². The minimum atomic E-state index is -0.715. The van der Waals surface area contributed by atoms with Crippen molar-refractivity contribution in [3.05, 3.63) is 118 Å². The summed E-state index contributed by atoms with van der Waals surface area (Å²) in [4.78, 5) is 38.5. The molecule has 0 saturated carbocycles. The number of ketones is 2. The van der Waals surface area contributed by atoms with E-state index in [1.165, 1.54) is 6.07 Å². The van der Waals surface area contributed by atoms with Crippen LogP contribution in [0.1, 0.15) is 53.8 Å². The van der Waals surface area contributed by atoms with Gasteiger partial charge in [-0.3, -0.25) is 9.59 Å². The fourth-order valence-corrected chi connectivity index (χ4v) is 3.78. The average molecular weight is 441 g/mol. The topological polar surface area (TPSA) is 78.5 Å². The molecule has 4 aromatic rings. The molecule has 166 valence electrons. The van der Waals surface area contributed by atoms with E-state index in [-0.39, 0.29) is 22.7 Å². The number of nitrogens with zero attached hydrogens (tertiary/aromatic N) is 1. The maximum absolute atomic E-state index is 12.9. The van der Waals surface area contributed by atoms with Crippen LogP contribution < -0.4 is 0 Å². The fourth-order valence-electron chi connectivity index (χ4n) is 3.78. The molecule has 4 rings (SSSR count). The Kier molecular flexibility index (Phi) is 6.36. The van der Waals surface area contributed by atoms with Crippen LogP contribution in [0, 0.1) is 13.8 Å². The molecule has 0 fully saturated rings. The van der Waals surface area contributed by atoms with Crippen LogP contribution in [0.15, 0.2) is 83.5 Å². The molecule has 33 heavy (non-hydrogen) atoms. The van der Waals surface area contributed by atoms with Gasteiger partial charge in [0.15, 0.2) is 12.4 Å². The van der Waals surface area contributed by atoms with Gasteiger partial charge in [-0.05, 0) is 38.1 Å². The van der Waals surface area contributed by atoms with Crippen molar-refractivity contribution >= 4 is 17.5 Å². The van der Waals surface area contributed by atoms with E-state index < -0.39 is 12.6 Å². The van der Waals surface area contributed by atoms with Gasteiger partial charge in [-0.15, -0.1) is 0 Å². The Hall–Kier alpha value is -4.19. The third-order valence-electron chi connectivity index (χ3n) is 5.53. The summed E-state index contributed by atoms with van der Waals surface area (Å²) in [5.41, 5.74) is 2.99. The van der Waals surface area contributed by atoms with Gasteiger partial charge in [0.25, 0.3) is 0 Å². The predicted octanol–water partition coefficient (Wildman–Crippen LogP) is 5.02. The number of aromatic nitrogens is 1. The summed E-state index contributed by atoms with van der Waals surface area (Å²) in [7, 11) is 0. The number of Topliss-reactive ketones (excluding diaryl/α,β-unsaturated/α-hetero) is 1. The molecule has 0 amide bonds. The molecule has 0 atom stereocenters. The molecule has 2 aromatic carbocycles. The number of carbonyl (C=O) groups excluding carboxylic acids is 3. The molecular formula is C27H23NO5. The first-order valence-electron chi connectivity index (χ1n) is 10.5. The Labute approximate surface area is 191 Å². The van der Waals surface area contributed by atoms with Gasteiger partial charge in [0.1, 0.15) is 5.76 Å². The van der Waals surface area contributed by atoms with Crippen molar-refractivity contribution < 1.29 is 23.5 Å². The molecule has 6 heteroatoms. The minimum absolute atomic E-state index is 0.127. The number of benzene rings is 2. The Bertz CT molecular complexity index is 1300. The zero-order valence-electron chi connectivity index (χ0n) is 18.4. The Morgan fingerprint density at radius 2 is 1.55 bits per heavy atom. The summed E-state index contributed by atoms with van der Waals surface area (Å²) >= 11 is 0. The van der Waals surface area contributed by atoms with Crippen molar-refractivity contribution in [1.29, 1.82) is 0 Å². The molecule has 0 N–H and O–H groups in total. The first-order valence-corrected chi connectivity index (χ1v) is 10.5. The van der Waals surface area contributed by atoms with E-state index in [9.17, 15) is 14.4 Å². The van der Waals surface area contributed by atoms with Gasteiger partial charge in [0.2, 0.25) is 5.78 Å². The van der Waals surface area contributed by atoms with Crippen molar-refractivity contribution in [3.63, 3.8) is 0 Å². The highest BCUT2D eigenvalue weighted by molar-refractivity contribution is 6.14. The van der Waals surface area contributed by atoms with Crippen LogP contribution >= 0.6 is 0 Å².